The Labute approximate surface area is 202 Å². The number of methoxy groups -OCH3 is 1. The highest BCUT2D eigenvalue weighted by molar-refractivity contribution is 7.55. The van der Waals surface area contributed by atoms with Gasteiger partial charge in [0.1, 0.15) is 17.2 Å². The Bertz CT molecular complexity index is 1250. The SMILES string of the molecule is COc1ccc(NC(c2ccc([N+](=O)[O-])cc2)P(=O)(Oc2ccccc2)Oc2ccccc2)cc1. The van der Waals surface area contributed by atoms with Gasteiger partial charge in [-0.25, -0.2) is 4.57 Å². The van der Waals surface area contributed by atoms with E-state index in [0.717, 1.165) is 0 Å². The van der Waals surface area contributed by atoms with Crippen LogP contribution in [0.15, 0.2) is 109 Å². The summed E-state index contributed by atoms with van der Waals surface area (Å²) >= 11 is 0. The molecule has 0 aliphatic carbocycles. The summed E-state index contributed by atoms with van der Waals surface area (Å²) in [6.45, 7) is 0. The summed E-state index contributed by atoms with van der Waals surface area (Å²) in [5, 5.41) is 14.4. The van der Waals surface area contributed by atoms with Crippen LogP contribution in [0.25, 0.3) is 0 Å². The molecule has 0 heterocycles. The molecule has 0 aliphatic heterocycles. The van der Waals surface area contributed by atoms with Crippen LogP contribution in [-0.2, 0) is 4.57 Å². The first-order chi connectivity index (χ1) is 17.0. The number of para-hydroxylation sites is 2. The fourth-order valence-corrected chi connectivity index (χ4v) is 5.27. The first-order valence-electron chi connectivity index (χ1n) is 10.7. The second-order valence-corrected chi connectivity index (χ2v) is 9.43. The third-order valence-corrected chi connectivity index (χ3v) is 7.07. The summed E-state index contributed by atoms with van der Waals surface area (Å²) < 4.78 is 31.8. The van der Waals surface area contributed by atoms with Crippen molar-refractivity contribution in [3.05, 3.63) is 125 Å². The molecule has 0 aliphatic rings. The fraction of sp³-hybridized carbons (Fsp3) is 0.0769. The maximum atomic E-state index is 14.5. The van der Waals surface area contributed by atoms with E-state index in [9.17, 15) is 14.7 Å². The van der Waals surface area contributed by atoms with E-state index in [-0.39, 0.29) is 5.69 Å². The summed E-state index contributed by atoms with van der Waals surface area (Å²) in [6.07, 6.45) is 0. The summed E-state index contributed by atoms with van der Waals surface area (Å²) in [7, 11) is -2.46. The standard InChI is InChI=1S/C26H23N2O6P/c1-32-23-18-14-21(15-19-23)27-26(20-12-16-22(17-13-20)28(29)30)35(31,33-24-8-4-2-5-9-24)34-25-10-6-3-7-11-25/h2-19,26-27H,1H3. The van der Waals surface area contributed by atoms with Gasteiger partial charge in [0, 0.05) is 17.8 Å². The molecule has 1 atom stereocenters. The Kier molecular flexibility index (Phi) is 7.33. The molecule has 8 nitrogen and oxygen atoms in total. The lowest BCUT2D eigenvalue weighted by molar-refractivity contribution is -0.384. The van der Waals surface area contributed by atoms with Crippen molar-refractivity contribution in [1.29, 1.82) is 0 Å². The van der Waals surface area contributed by atoms with Crippen LogP contribution in [0.1, 0.15) is 11.3 Å². The van der Waals surface area contributed by atoms with Crippen LogP contribution < -0.4 is 19.1 Å². The Morgan fingerprint density at radius 2 is 1.26 bits per heavy atom. The van der Waals surface area contributed by atoms with Crippen molar-refractivity contribution in [3.63, 3.8) is 0 Å². The second-order valence-electron chi connectivity index (χ2n) is 7.47. The highest BCUT2D eigenvalue weighted by Crippen LogP contribution is 2.60. The molecule has 0 aromatic heterocycles. The van der Waals surface area contributed by atoms with E-state index in [4.69, 9.17) is 13.8 Å². The zero-order valence-corrected chi connectivity index (χ0v) is 19.7. The average molecular weight is 490 g/mol. The molecule has 0 bridgehead atoms. The molecule has 178 valence electrons. The Morgan fingerprint density at radius 3 is 1.71 bits per heavy atom. The Hall–Kier alpha value is -4.29. The lowest BCUT2D eigenvalue weighted by Gasteiger charge is -2.29. The van der Waals surface area contributed by atoms with Crippen LogP contribution in [-0.4, -0.2) is 12.0 Å². The fourth-order valence-electron chi connectivity index (χ4n) is 3.35. The number of nitrogens with one attached hydrogen (secondary N) is 1. The van der Waals surface area contributed by atoms with E-state index in [0.29, 0.717) is 28.5 Å². The number of hydrogen-bond donors (Lipinski definition) is 1. The van der Waals surface area contributed by atoms with Gasteiger partial charge >= 0.3 is 7.60 Å². The Morgan fingerprint density at radius 1 is 0.743 bits per heavy atom. The summed E-state index contributed by atoms with van der Waals surface area (Å²) in [4.78, 5) is 10.7. The lowest BCUT2D eigenvalue weighted by Crippen LogP contribution is -2.18. The minimum Gasteiger partial charge on any atom is -0.497 e. The van der Waals surface area contributed by atoms with Crippen molar-refractivity contribution < 1.29 is 23.3 Å². The van der Waals surface area contributed by atoms with Crippen LogP contribution in [0.3, 0.4) is 0 Å². The number of ether oxygens (including phenoxy) is 1. The summed E-state index contributed by atoms with van der Waals surface area (Å²) in [5.74, 6) is 0.370. The van der Waals surface area contributed by atoms with Crippen molar-refractivity contribution >= 4 is 19.0 Å². The van der Waals surface area contributed by atoms with Crippen LogP contribution in [0, 0.1) is 10.1 Å². The van der Waals surface area contributed by atoms with E-state index in [1.807, 2.05) is 12.1 Å². The smallest absolute Gasteiger partial charge is 0.457 e. The molecule has 0 spiro atoms. The molecule has 1 N–H and O–H groups in total. The zero-order valence-electron chi connectivity index (χ0n) is 18.8. The normalized spacial score (nSPS) is 11.8. The first-order valence-corrected chi connectivity index (χ1v) is 12.3. The van der Waals surface area contributed by atoms with Crippen molar-refractivity contribution in [3.8, 4) is 17.2 Å². The molecular weight excluding hydrogens is 467 g/mol. The van der Waals surface area contributed by atoms with E-state index < -0.39 is 18.3 Å². The number of nitro groups is 1. The van der Waals surface area contributed by atoms with Gasteiger partial charge in [-0.2, -0.15) is 0 Å². The van der Waals surface area contributed by atoms with Crippen LogP contribution in [0.4, 0.5) is 11.4 Å². The predicted molar refractivity (Wildman–Crippen MR) is 134 cm³/mol. The van der Waals surface area contributed by atoms with E-state index >= 15 is 0 Å². The van der Waals surface area contributed by atoms with Gasteiger partial charge in [0.25, 0.3) is 5.69 Å². The van der Waals surface area contributed by atoms with Crippen LogP contribution in [0.2, 0.25) is 0 Å². The van der Waals surface area contributed by atoms with Gasteiger partial charge in [-0.3, -0.25) is 10.1 Å². The minimum absolute atomic E-state index is 0.0836. The molecular formula is C26H23N2O6P. The molecule has 4 rings (SSSR count). The topological polar surface area (TPSA) is 99.9 Å². The Balaban J connectivity index is 1.79. The van der Waals surface area contributed by atoms with E-state index in [1.54, 1.807) is 79.9 Å². The number of rotatable bonds is 10. The van der Waals surface area contributed by atoms with Gasteiger partial charge < -0.3 is 19.1 Å². The molecule has 0 amide bonds. The molecule has 0 saturated carbocycles. The van der Waals surface area contributed by atoms with Gasteiger partial charge in [-0.05, 0) is 66.2 Å². The van der Waals surface area contributed by atoms with Crippen molar-refractivity contribution in [2.45, 2.75) is 5.78 Å². The first kappa shape index (κ1) is 23.9. The maximum Gasteiger partial charge on any atom is 0.457 e. The number of benzene rings is 4. The number of non-ortho nitro benzene ring substituents is 1. The molecule has 35 heavy (non-hydrogen) atoms. The number of nitrogens with zero attached hydrogens (tertiary/aromatic N) is 1. The van der Waals surface area contributed by atoms with Gasteiger partial charge in [-0.1, -0.05) is 36.4 Å². The molecule has 4 aromatic rings. The number of anilines is 1. The largest absolute Gasteiger partial charge is 0.497 e. The quantitative estimate of drug-likeness (QED) is 0.144. The van der Waals surface area contributed by atoms with Crippen LogP contribution >= 0.6 is 7.60 Å². The summed E-state index contributed by atoms with van der Waals surface area (Å²) in [6, 6.07) is 30.3. The molecule has 0 saturated heterocycles. The summed E-state index contributed by atoms with van der Waals surface area (Å²) in [5.41, 5.74) is 1.03. The van der Waals surface area contributed by atoms with Crippen molar-refractivity contribution in [1.82, 2.24) is 0 Å². The molecule has 4 aromatic carbocycles. The zero-order chi connectivity index (χ0) is 24.7. The molecule has 9 heteroatoms. The third kappa shape index (κ3) is 5.99. The highest BCUT2D eigenvalue weighted by Gasteiger charge is 2.41. The van der Waals surface area contributed by atoms with Gasteiger partial charge in [0.2, 0.25) is 0 Å². The van der Waals surface area contributed by atoms with Gasteiger partial charge in [0.05, 0.1) is 12.0 Å². The lowest BCUT2D eigenvalue weighted by atomic mass is 10.2. The average Bonchev–Trinajstić information content (AvgIpc) is 2.89. The van der Waals surface area contributed by atoms with Crippen LogP contribution in [0.5, 0.6) is 17.2 Å². The molecule has 0 fully saturated rings. The molecule has 0 radical (unpaired) electrons. The second kappa shape index (κ2) is 10.8. The number of nitro benzene ring substituents is 1. The van der Waals surface area contributed by atoms with E-state index in [2.05, 4.69) is 5.32 Å². The monoisotopic (exact) mass is 490 g/mol. The van der Waals surface area contributed by atoms with E-state index in [1.165, 1.54) is 24.3 Å². The van der Waals surface area contributed by atoms with Crippen molar-refractivity contribution in [2.24, 2.45) is 0 Å². The number of hydrogen-bond acceptors (Lipinski definition) is 7. The van der Waals surface area contributed by atoms with Gasteiger partial charge in [-0.15, -0.1) is 0 Å². The molecule has 1 unspecified atom stereocenters. The predicted octanol–water partition coefficient (Wildman–Crippen LogP) is 7.07. The highest BCUT2D eigenvalue weighted by atomic mass is 31.2. The van der Waals surface area contributed by atoms with Crippen molar-refractivity contribution in [2.75, 3.05) is 12.4 Å². The minimum atomic E-state index is -4.03. The third-order valence-electron chi connectivity index (χ3n) is 5.08. The maximum absolute atomic E-state index is 14.5. The van der Waals surface area contributed by atoms with Gasteiger partial charge in [0.15, 0.2) is 5.78 Å².